The third kappa shape index (κ3) is 2.84. The summed E-state index contributed by atoms with van der Waals surface area (Å²) in [6, 6.07) is 8.24. The van der Waals surface area contributed by atoms with Crippen LogP contribution >= 0.6 is 0 Å². The number of rotatable bonds is 5. The van der Waals surface area contributed by atoms with Gasteiger partial charge in [0.05, 0.1) is 12.2 Å². The van der Waals surface area contributed by atoms with Gasteiger partial charge in [0.2, 0.25) is 0 Å². The van der Waals surface area contributed by atoms with E-state index in [9.17, 15) is 14.7 Å². The number of hydrogen-bond donors (Lipinski definition) is 1. The first kappa shape index (κ1) is 14.1. The van der Waals surface area contributed by atoms with E-state index in [1.807, 2.05) is 0 Å². The van der Waals surface area contributed by atoms with Crippen LogP contribution in [0.4, 0.5) is 0 Å². The molecule has 0 fully saturated rings. The van der Waals surface area contributed by atoms with Crippen molar-refractivity contribution in [2.24, 2.45) is 0 Å². The molecule has 0 amide bonds. The number of benzene rings is 1. The Morgan fingerprint density at radius 2 is 1.89 bits per heavy atom. The van der Waals surface area contributed by atoms with E-state index in [1.165, 1.54) is 6.92 Å². The maximum atomic E-state index is 12.1. The first-order valence-electron chi connectivity index (χ1n) is 5.60. The van der Waals surface area contributed by atoms with Gasteiger partial charge in [-0.25, -0.2) is 4.79 Å². The molecule has 4 heteroatoms. The van der Waals surface area contributed by atoms with Gasteiger partial charge in [-0.15, -0.1) is 0 Å². The fourth-order valence-electron chi connectivity index (χ4n) is 1.42. The Hall–Kier alpha value is -1.94. The summed E-state index contributed by atoms with van der Waals surface area (Å²) in [5.41, 5.74) is -1.92. The lowest BCUT2D eigenvalue weighted by Gasteiger charge is -2.23. The lowest BCUT2D eigenvalue weighted by atomic mass is 9.88. The Bertz CT molecular complexity index is 460. The predicted octanol–water partition coefficient (Wildman–Crippen LogP) is 1.74. The highest BCUT2D eigenvalue weighted by Gasteiger charge is 2.38. The summed E-state index contributed by atoms with van der Waals surface area (Å²) < 4.78 is 4.73. The molecular formula is C14H16O4. The van der Waals surface area contributed by atoms with Crippen LogP contribution in [0, 0.1) is 0 Å². The lowest BCUT2D eigenvalue weighted by molar-refractivity contribution is -0.140. The van der Waals surface area contributed by atoms with E-state index in [0.29, 0.717) is 5.56 Å². The molecule has 1 aromatic carbocycles. The fraction of sp³-hybridized carbons (Fsp3) is 0.286. The molecule has 0 aliphatic rings. The van der Waals surface area contributed by atoms with Gasteiger partial charge < -0.3 is 9.84 Å². The van der Waals surface area contributed by atoms with Crippen LogP contribution in [0.2, 0.25) is 0 Å². The van der Waals surface area contributed by atoms with Crippen molar-refractivity contribution in [1.82, 2.24) is 0 Å². The largest absolute Gasteiger partial charge is 0.463 e. The van der Waals surface area contributed by atoms with Crippen LogP contribution in [0.3, 0.4) is 0 Å². The van der Waals surface area contributed by atoms with E-state index in [1.54, 1.807) is 37.3 Å². The zero-order valence-corrected chi connectivity index (χ0v) is 10.5. The molecule has 0 heterocycles. The average molecular weight is 248 g/mol. The second-order valence-corrected chi connectivity index (χ2v) is 3.97. The minimum Gasteiger partial charge on any atom is -0.463 e. The van der Waals surface area contributed by atoms with Gasteiger partial charge in [0, 0.05) is 5.56 Å². The molecule has 0 saturated heterocycles. The van der Waals surface area contributed by atoms with Gasteiger partial charge in [-0.2, -0.15) is 0 Å². The quantitative estimate of drug-likeness (QED) is 0.490. The number of ether oxygens (including phenoxy) is 1. The summed E-state index contributed by atoms with van der Waals surface area (Å²) in [7, 11) is 0. The molecule has 1 N–H and O–H groups in total. The molecule has 0 aliphatic heterocycles. The smallest absolute Gasteiger partial charge is 0.336 e. The molecule has 1 rings (SSSR count). The van der Waals surface area contributed by atoms with Gasteiger partial charge in [-0.3, -0.25) is 4.79 Å². The topological polar surface area (TPSA) is 63.6 Å². The standard InChI is InChI=1S/C14H16O4/c1-4-18-13(16)10(2)14(3,17)12(15)11-8-6-5-7-9-11/h5-9,17H,2,4H2,1,3H3. The molecule has 0 aliphatic carbocycles. The average Bonchev–Trinajstić information content (AvgIpc) is 2.38. The SMILES string of the molecule is C=C(C(=O)OCC)C(C)(O)C(=O)c1ccccc1. The zero-order chi connectivity index (χ0) is 13.8. The van der Waals surface area contributed by atoms with Crippen molar-refractivity contribution in [1.29, 1.82) is 0 Å². The summed E-state index contributed by atoms with van der Waals surface area (Å²) in [6.45, 7) is 6.48. The number of ketones is 1. The van der Waals surface area contributed by atoms with Crippen LogP contribution in [0.15, 0.2) is 42.5 Å². The number of carbonyl (C=O) groups is 2. The molecule has 0 spiro atoms. The van der Waals surface area contributed by atoms with Crippen molar-refractivity contribution in [2.75, 3.05) is 6.61 Å². The van der Waals surface area contributed by atoms with E-state index in [-0.39, 0.29) is 12.2 Å². The van der Waals surface area contributed by atoms with Crippen molar-refractivity contribution >= 4 is 11.8 Å². The molecule has 96 valence electrons. The van der Waals surface area contributed by atoms with Gasteiger partial charge in [-0.1, -0.05) is 36.9 Å². The molecule has 1 unspecified atom stereocenters. The zero-order valence-electron chi connectivity index (χ0n) is 10.5. The van der Waals surface area contributed by atoms with Crippen LogP contribution in [-0.2, 0) is 9.53 Å². The Labute approximate surface area is 106 Å². The molecular weight excluding hydrogens is 232 g/mol. The van der Waals surface area contributed by atoms with Crippen LogP contribution in [0.5, 0.6) is 0 Å². The minimum absolute atomic E-state index is 0.160. The van der Waals surface area contributed by atoms with E-state index in [2.05, 4.69) is 6.58 Å². The number of Topliss-reactive ketones (excluding diaryl/α,β-unsaturated/α-hetero) is 1. The van der Waals surface area contributed by atoms with Crippen LogP contribution in [0.25, 0.3) is 0 Å². The third-order valence-corrected chi connectivity index (χ3v) is 2.59. The molecule has 1 atom stereocenters. The van der Waals surface area contributed by atoms with E-state index in [4.69, 9.17) is 4.74 Å². The van der Waals surface area contributed by atoms with Crippen LogP contribution in [-0.4, -0.2) is 29.1 Å². The summed E-state index contributed by atoms with van der Waals surface area (Å²) >= 11 is 0. The number of carbonyl (C=O) groups excluding carboxylic acids is 2. The number of esters is 1. The Kier molecular flexibility index (Phi) is 4.39. The molecule has 4 nitrogen and oxygen atoms in total. The molecule has 0 radical (unpaired) electrons. The first-order valence-corrected chi connectivity index (χ1v) is 5.60. The van der Waals surface area contributed by atoms with Gasteiger partial charge >= 0.3 is 5.97 Å². The second kappa shape index (κ2) is 5.60. The lowest BCUT2D eigenvalue weighted by Crippen LogP contribution is -2.40. The maximum Gasteiger partial charge on any atom is 0.336 e. The normalized spacial score (nSPS) is 13.5. The third-order valence-electron chi connectivity index (χ3n) is 2.59. The number of hydrogen-bond acceptors (Lipinski definition) is 4. The summed E-state index contributed by atoms with van der Waals surface area (Å²) in [4.78, 5) is 23.6. The summed E-state index contributed by atoms with van der Waals surface area (Å²) in [5.74, 6) is -1.35. The van der Waals surface area contributed by atoms with E-state index in [0.717, 1.165) is 0 Å². The van der Waals surface area contributed by atoms with Crippen molar-refractivity contribution in [3.63, 3.8) is 0 Å². The Morgan fingerprint density at radius 3 is 2.39 bits per heavy atom. The highest BCUT2D eigenvalue weighted by Crippen LogP contribution is 2.21. The van der Waals surface area contributed by atoms with Crippen LogP contribution < -0.4 is 0 Å². The molecule has 1 aromatic rings. The van der Waals surface area contributed by atoms with Gasteiger partial charge in [0.15, 0.2) is 11.4 Å². The van der Waals surface area contributed by atoms with Crippen molar-refractivity contribution in [3.8, 4) is 0 Å². The monoisotopic (exact) mass is 248 g/mol. The fourth-order valence-corrected chi connectivity index (χ4v) is 1.42. The van der Waals surface area contributed by atoms with Gasteiger partial charge in [0.1, 0.15) is 0 Å². The molecule has 0 bridgehead atoms. The Balaban J connectivity index is 2.96. The number of aliphatic hydroxyl groups is 1. The van der Waals surface area contributed by atoms with E-state index >= 15 is 0 Å². The van der Waals surface area contributed by atoms with E-state index < -0.39 is 17.4 Å². The second-order valence-electron chi connectivity index (χ2n) is 3.97. The predicted molar refractivity (Wildman–Crippen MR) is 67.2 cm³/mol. The minimum atomic E-state index is -1.96. The Morgan fingerprint density at radius 1 is 1.33 bits per heavy atom. The highest BCUT2D eigenvalue weighted by molar-refractivity contribution is 6.09. The molecule has 18 heavy (non-hydrogen) atoms. The van der Waals surface area contributed by atoms with Crippen molar-refractivity contribution < 1.29 is 19.4 Å². The molecule has 0 saturated carbocycles. The van der Waals surface area contributed by atoms with Crippen molar-refractivity contribution in [3.05, 3.63) is 48.0 Å². The maximum absolute atomic E-state index is 12.1. The van der Waals surface area contributed by atoms with Crippen molar-refractivity contribution in [2.45, 2.75) is 19.4 Å². The highest BCUT2D eigenvalue weighted by atomic mass is 16.5. The van der Waals surface area contributed by atoms with Gasteiger partial charge in [0.25, 0.3) is 0 Å². The summed E-state index contributed by atoms with van der Waals surface area (Å²) in [6.07, 6.45) is 0. The first-order chi connectivity index (χ1) is 8.41. The van der Waals surface area contributed by atoms with Crippen LogP contribution in [0.1, 0.15) is 24.2 Å². The van der Waals surface area contributed by atoms with Gasteiger partial charge in [-0.05, 0) is 13.8 Å². The summed E-state index contributed by atoms with van der Waals surface area (Å²) in [5, 5.41) is 10.2. The molecule has 0 aromatic heterocycles.